The monoisotopic (exact) mass is 305 g/mol. The van der Waals surface area contributed by atoms with Crippen LogP contribution in [0.5, 0.6) is 0 Å². The van der Waals surface area contributed by atoms with E-state index in [0.29, 0.717) is 10.7 Å². The Bertz CT molecular complexity index is 641. The second-order valence-electron chi connectivity index (χ2n) is 4.81. The van der Waals surface area contributed by atoms with Gasteiger partial charge in [0.15, 0.2) is 4.90 Å². The summed E-state index contributed by atoms with van der Waals surface area (Å²) in [5, 5.41) is 9.20. The van der Waals surface area contributed by atoms with Gasteiger partial charge in [0.1, 0.15) is 17.2 Å². The predicted molar refractivity (Wildman–Crippen MR) is 65.5 cm³/mol. The molecule has 0 spiro atoms. The Kier molecular flexibility index (Phi) is 3.55. The van der Waals surface area contributed by atoms with E-state index in [0.717, 1.165) is 18.2 Å². The number of aliphatic carboxylic acids is 1. The Morgan fingerprint density at radius 2 is 1.90 bits per heavy atom. The summed E-state index contributed by atoms with van der Waals surface area (Å²) in [6.07, 6.45) is 0.412. The van der Waals surface area contributed by atoms with Crippen LogP contribution in [0.25, 0.3) is 0 Å². The summed E-state index contributed by atoms with van der Waals surface area (Å²) in [5.74, 6) is -3.80. The number of sulfonamides is 1. The molecule has 1 saturated heterocycles. The maximum atomic E-state index is 13.7. The Hall–Kier alpha value is -1.54. The minimum atomic E-state index is -4.55. The van der Waals surface area contributed by atoms with Crippen LogP contribution in [-0.2, 0) is 14.8 Å². The first-order chi connectivity index (χ1) is 9.21. The van der Waals surface area contributed by atoms with Crippen molar-refractivity contribution >= 4 is 16.0 Å². The zero-order valence-corrected chi connectivity index (χ0v) is 11.5. The first kappa shape index (κ1) is 14.9. The molecule has 1 aromatic carbocycles. The molecule has 8 heteroatoms. The lowest BCUT2D eigenvalue weighted by atomic mass is 10.0. The molecular weight excluding hydrogens is 292 g/mol. The average Bonchev–Trinajstić information content (AvgIpc) is 2.73. The number of nitrogens with zero attached hydrogens (tertiary/aromatic N) is 1. The van der Waals surface area contributed by atoms with Gasteiger partial charge in [-0.2, -0.15) is 4.31 Å². The van der Waals surface area contributed by atoms with Crippen LogP contribution in [0.2, 0.25) is 0 Å². The Morgan fingerprint density at radius 1 is 1.35 bits per heavy atom. The van der Waals surface area contributed by atoms with Gasteiger partial charge >= 0.3 is 5.97 Å². The Balaban J connectivity index is 2.59. The number of carboxylic acids is 1. The van der Waals surface area contributed by atoms with Gasteiger partial charge in [0, 0.05) is 6.54 Å². The van der Waals surface area contributed by atoms with Crippen molar-refractivity contribution in [2.24, 2.45) is 0 Å². The van der Waals surface area contributed by atoms with Gasteiger partial charge in [-0.1, -0.05) is 6.07 Å². The van der Waals surface area contributed by atoms with Gasteiger partial charge in [0.05, 0.1) is 0 Å². The molecule has 0 aromatic heterocycles. The minimum absolute atomic E-state index is 0.0844. The van der Waals surface area contributed by atoms with Gasteiger partial charge in [-0.05, 0) is 31.9 Å². The molecule has 5 nitrogen and oxygen atoms in total. The summed E-state index contributed by atoms with van der Waals surface area (Å²) in [5.41, 5.74) is -1.69. The molecule has 0 saturated carbocycles. The zero-order valence-electron chi connectivity index (χ0n) is 10.6. The molecule has 0 bridgehead atoms. The molecule has 0 aliphatic carbocycles. The van der Waals surface area contributed by atoms with Gasteiger partial charge in [-0.15, -0.1) is 0 Å². The summed E-state index contributed by atoms with van der Waals surface area (Å²) < 4.78 is 52.7. The summed E-state index contributed by atoms with van der Waals surface area (Å²) in [6, 6.07) is 2.69. The molecule has 1 N–H and O–H groups in total. The topological polar surface area (TPSA) is 74.7 Å². The van der Waals surface area contributed by atoms with Gasteiger partial charge in [0.25, 0.3) is 0 Å². The third-order valence-corrected chi connectivity index (χ3v) is 5.57. The molecule has 0 radical (unpaired) electrons. The lowest BCUT2D eigenvalue weighted by molar-refractivity contribution is -0.146. The highest BCUT2D eigenvalue weighted by Crippen LogP contribution is 2.36. The van der Waals surface area contributed by atoms with Crippen LogP contribution in [0.4, 0.5) is 8.78 Å². The first-order valence-electron chi connectivity index (χ1n) is 5.91. The van der Waals surface area contributed by atoms with Gasteiger partial charge in [0.2, 0.25) is 10.0 Å². The van der Waals surface area contributed by atoms with Crippen molar-refractivity contribution in [1.82, 2.24) is 4.31 Å². The van der Waals surface area contributed by atoms with Gasteiger partial charge in [-0.3, -0.25) is 4.79 Å². The van der Waals surface area contributed by atoms with E-state index in [1.807, 2.05) is 0 Å². The molecule has 1 aliphatic rings. The number of hydrogen-bond acceptors (Lipinski definition) is 3. The smallest absolute Gasteiger partial charge is 0.324 e. The van der Waals surface area contributed by atoms with E-state index < -0.39 is 38.1 Å². The summed E-state index contributed by atoms with van der Waals surface area (Å²) in [6.45, 7) is 1.15. The highest BCUT2D eigenvalue weighted by atomic mass is 32.2. The third-order valence-electron chi connectivity index (χ3n) is 3.50. The van der Waals surface area contributed by atoms with Gasteiger partial charge < -0.3 is 5.11 Å². The second kappa shape index (κ2) is 4.78. The molecule has 1 fully saturated rings. The average molecular weight is 305 g/mol. The van der Waals surface area contributed by atoms with E-state index in [4.69, 9.17) is 0 Å². The van der Waals surface area contributed by atoms with Crippen molar-refractivity contribution in [1.29, 1.82) is 0 Å². The van der Waals surface area contributed by atoms with Crippen molar-refractivity contribution in [2.45, 2.75) is 30.2 Å². The molecule has 1 heterocycles. The fourth-order valence-corrected chi connectivity index (χ4v) is 4.30. The van der Waals surface area contributed by atoms with E-state index in [9.17, 15) is 27.1 Å². The zero-order chi connectivity index (χ0) is 15.1. The normalized spacial score (nSPS) is 23.9. The van der Waals surface area contributed by atoms with Crippen molar-refractivity contribution in [2.75, 3.05) is 6.54 Å². The molecule has 20 heavy (non-hydrogen) atoms. The van der Waals surface area contributed by atoms with E-state index >= 15 is 0 Å². The van der Waals surface area contributed by atoms with Crippen LogP contribution in [0, 0.1) is 11.6 Å². The number of carboxylic acid groups (broad SMARTS) is 1. The Morgan fingerprint density at radius 3 is 2.40 bits per heavy atom. The number of rotatable bonds is 3. The van der Waals surface area contributed by atoms with Crippen LogP contribution in [0.15, 0.2) is 23.1 Å². The fourth-order valence-electron chi connectivity index (χ4n) is 2.38. The van der Waals surface area contributed by atoms with E-state index in [-0.39, 0.29) is 13.0 Å². The summed E-state index contributed by atoms with van der Waals surface area (Å²) >= 11 is 0. The van der Waals surface area contributed by atoms with Gasteiger partial charge in [-0.25, -0.2) is 17.2 Å². The molecule has 2 rings (SSSR count). The van der Waals surface area contributed by atoms with Crippen LogP contribution in [0.3, 0.4) is 0 Å². The Labute approximate surface area is 114 Å². The molecular formula is C12H13F2NO4S. The molecule has 1 aliphatic heterocycles. The summed E-state index contributed by atoms with van der Waals surface area (Å²) in [7, 11) is -4.55. The van der Waals surface area contributed by atoms with E-state index in [2.05, 4.69) is 0 Å². The predicted octanol–water partition coefficient (Wildman–Crippen LogP) is 1.59. The minimum Gasteiger partial charge on any atom is -0.480 e. The van der Waals surface area contributed by atoms with E-state index in [1.54, 1.807) is 0 Å². The van der Waals surface area contributed by atoms with Crippen molar-refractivity contribution < 1.29 is 27.1 Å². The van der Waals surface area contributed by atoms with Crippen molar-refractivity contribution in [3.63, 3.8) is 0 Å². The third kappa shape index (κ3) is 2.08. The molecule has 1 atom stereocenters. The lowest BCUT2D eigenvalue weighted by Gasteiger charge is -2.30. The second-order valence-corrected chi connectivity index (χ2v) is 6.61. The fraction of sp³-hybridized carbons (Fsp3) is 0.417. The maximum absolute atomic E-state index is 13.7. The highest BCUT2D eigenvalue weighted by Gasteiger charge is 2.50. The summed E-state index contributed by atoms with van der Waals surface area (Å²) in [4.78, 5) is 10.2. The molecule has 1 aromatic rings. The largest absolute Gasteiger partial charge is 0.480 e. The number of carbonyl (C=O) groups is 1. The van der Waals surface area contributed by atoms with Crippen molar-refractivity contribution in [3.05, 3.63) is 29.8 Å². The molecule has 1 unspecified atom stereocenters. The molecule has 110 valence electrons. The molecule has 0 amide bonds. The standard InChI is InChI=1S/C12H13F2NO4S/c1-12(11(16)17)6-3-7-15(12)20(18,19)10-8(13)4-2-5-9(10)14/h2,4-5H,3,6-7H2,1H3,(H,16,17). The van der Waals surface area contributed by atoms with Crippen LogP contribution in [0.1, 0.15) is 19.8 Å². The quantitative estimate of drug-likeness (QED) is 0.920. The lowest BCUT2D eigenvalue weighted by Crippen LogP contribution is -2.50. The maximum Gasteiger partial charge on any atom is 0.324 e. The van der Waals surface area contributed by atoms with Crippen molar-refractivity contribution in [3.8, 4) is 0 Å². The van der Waals surface area contributed by atoms with E-state index in [1.165, 1.54) is 6.92 Å². The first-order valence-corrected chi connectivity index (χ1v) is 7.35. The SMILES string of the molecule is CC1(C(=O)O)CCCN1S(=O)(=O)c1c(F)cccc1F. The number of hydrogen-bond donors (Lipinski definition) is 1. The number of halogens is 2. The van der Waals surface area contributed by atoms with Crippen LogP contribution < -0.4 is 0 Å². The van der Waals surface area contributed by atoms with Crippen LogP contribution >= 0.6 is 0 Å². The highest BCUT2D eigenvalue weighted by molar-refractivity contribution is 7.89. The number of benzene rings is 1. The van der Waals surface area contributed by atoms with Crippen LogP contribution in [-0.4, -0.2) is 35.9 Å².